The molecule has 1 aliphatic rings. The van der Waals surface area contributed by atoms with Gasteiger partial charge in [0.2, 0.25) is 5.91 Å². The maximum absolute atomic E-state index is 11.8. The number of allylic oxidation sites excluding steroid dienone is 2. The fourth-order valence-electron chi connectivity index (χ4n) is 2.02. The molecule has 0 aliphatic heterocycles. The second kappa shape index (κ2) is 7.01. The zero-order chi connectivity index (χ0) is 13.5. The quantitative estimate of drug-likeness (QED) is 0.651. The van der Waals surface area contributed by atoms with E-state index < -0.39 is 0 Å². The Morgan fingerprint density at radius 3 is 3.05 bits per heavy atom. The van der Waals surface area contributed by atoms with Crippen molar-refractivity contribution in [1.82, 2.24) is 5.32 Å². The van der Waals surface area contributed by atoms with Crippen LogP contribution in [0.4, 0.5) is 0 Å². The number of halogens is 1. The molecule has 0 heterocycles. The Bertz CT molecular complexity index is 539. The van der Waals surface area contributed by atoms with Crippen LogP contribution >= 0.6 is 11.6 Å². The number of carbonyl (C=O) groups is 1. The second-order valence-electron chi connectivity index (χ2n) is 4.51. The first-order chi connectivity index (χ1) is 9.25. The summed E-state index contributed by atoms with van der Waals surface area (Å²) in [7, 11) is 0. The molecule has 2 rings (SSSR count). The summed E-state index contributed by atoms with van der Waals surface area (Å²) in [5, 5.41) is 3.53. The van der Waals surface area contributed by atoms with Crippen LogP contribution in [0.25, 0.3) is 0 Å². The van der Waals surface area contributed by atoms with E-state index in [0.717, 1.165) is 24.8 Å². The van der Waals surface area contributed by atoms with Gasteiger partial charge in [0.25, 0.3) is 0 Å². The fraction of sp³-hybridized carbons (Fsp3) is 0.312. The van der Waals surface area contributed by atoms with E-state index in [4.69, 9.17) is 11.6 Å². The van der Waals surface area contributed by atoms with Crippen LogP contribution in [0.5, 0.6) is 0 Å². The number of benzene rings is 1. The molecule has 0 aromatic heterocycles. The van der Waals surface area contributed by atoms with Crippen LogP contribution in [0.1, 0.15) is 24.8 Å². The molecule has 0 fully saturated rings. The van der Waals surface area contributed by atoms with Crippen LogP contribution in [-0.2, 0) is 4.79 Å². The second-order valence-corrected chi connectivity index (χ2v) is 4.95. The highest BCUT2D eigenvalue weighted by Crippen LogP contribution is 2.17. The Kier molecular flexibility index (Phi) is 5.06. The normalized spacial score (nSPS) is 17.4. The summed E-state index contributed by atoms with van der Waals surface area (Å²) >= 11 is 5.87. The van der Waals surface area contributed by atoms with E-state index >= 15 is 0 Å². The van der Waals surface area contributed by atoms with Crippen molar-refractivity contribution < 1.29 is 4.79 Å². The van der Waals surface area contributed by atoms with Crippen LogP contribution in [0.3, 0.4) is 0 Å². The average Bonchev–Trinajstić information content (AvgIpc) is 2.44. The van der Waals surface area contributed by atoms with E-state index in [1.807, 2.05) is 24.3 Å². The average molecular weight is 274 g/mol. The third-order valence-electron chi connectivity index (χ3n) is 3.05. The van der Waals surface area contributed by atoms with Gasteiger partial charge in [-0.2, -0.15) is 0 Å². The third-order valence-corrected chi connectivity index (χ3v) is 3.28. The molecule has 1 aromatic carbocycles. The minimum Gasteiger partial charge on any atom is -0.345 e. The molecule has 1 unspecified atom stereocenters. The van der Waals surface area contributed by atoms with Gasteiger partial charge in [-0.05, 0) is 37.5 Å². The first kappa shape index (κ1) is 13.7. The molecule has 1 N–H and O–H groups in total. The lowest BCUT2D eigenvalue weighted by Gasteiger charge is -2.16. The Morgan fingerprint density at radius 1 is 1.42 bits per heavy atom. The number of amides is 1. The van der Waals surface area contributed by atoms with Crippen LogP contribution in [-0.4, -0.2) is 12.5 Å². The first-order valence-electron chi connectivity index (χ1n) is 6.43. The van der Waals surface area contributed by atoms with Crippen molar-refractivity contribution in [2.75, 3.05) is 6.54 Å². The van der Waals surface area contributed by atoms with Crippen molar-refractivity contribution >= 4 is 17.5 Å². The number of hydrogen-bond donors (Lipinski definition) is 1. The molecular weight excluding hydrogens is 258 g/mol. The lowest BCUT2D eigenvalue weighted by molar-refractivity contribution is -0.124. The van der Waals surface area contributed by atoms with Gasteiger partial charge in [0.1, 0.15) is 0 Å². The maximum atomic E-state index is 11.8. The monoisotopic (exact) mass is 273 g/mol. The van der Waals surface area contributed by atoms with Crippen molar-refractivity contribution in [3.05, 3.63) is 47.0 Å². The van der Waals surface area contributed by atoms with E-state index in [0.29, 0.717) is 11.6 Å². The van der Waals surface area contributed by atoms with Gasteiger partial charge in [0.15, 0.2) is 0 Å². The standard InChI is InChI=1S/C16H16ClNO/c17-15-10-4-6-13(12-15)7-5-11-18-16(19)14-8-2-1-3-9-14/h1-2,4,6,10,12,14H,3,8-9,11H2,(H,18,19). The molecular formula is C16H16ClNO. The molecule has 0 bridgehead atoms. The molecule has 0 saturated carbocycles. The number of carbonyl (C=O) groups excluding carboxylic acids is 1. The van der Waals surface area contributed by atoms with Crippen LogP contribution in [0, 0.1) is 17.8 Å². The summed E-state index contributed by atoms with van der Waals surface area (Å²) in [6.45, 7) is 0.381. The lowest BCUT2D eigenvalue weighted by Crippen LogP contribution is -2.31. The summed E-state index contributed by atoms with van der Waals surface area (Å²) < 4.78 is 0. The Hall–Kier alpha value is -1.72. The highest BCUT2D eigenvalue weighted by atomic mass is 35.5. The van der Waals surface area contributed by atoms with Crippen LogP contribution in [0.15, 0.2) is 36.4 Å². The van der Waals surface area contributed by atoms with E-state index in [9.17, 15) is 4.79 Å². The van der Waals surface area contributed by atoms with E-state index in [2.05, 4.69) is 29.3 Å². The zero-order valence-corrected chi connectivity index (χ0v) is 11.4. The van der Waals surface area contributed by atoms with E-state index in [-0.39, 0.29) is 11.8 Å². The topological polar surface area (TPSA) is 29.1 Å². The van der Waals surface area contributed by atoms with Gasteiger partial charge in [-0.3, -0.25) is 4.79 Å². The van der Waals surface area contributed by atoms with Gasteiger partial charge in [0.05, 0.1) is 6.54 Å². The molecule has 0 saturated heterocycles. The van der Waals surface area contributed by atoms with Gasteiger partial charge >= 0.3 is 0 Å². The van der Waals surface area contributed by atoms with Gasteiger partial charge < -0.3 is 5.32 Å². The molecule has 1 aliphatic carbocycles. The van der Waals surface area contributed by atoms with E-state index in [1.54, 1.807) is 0 Å². The lowest BCUT2D eigenvalue weighted by atomic mass is 9.94. The fourth-order valence-corrected chi connectivity index (χ4v) is 2.21. The first-order valence-corrected chi connectivity index (χ1v) is 6.80. The molecule has 1 atom stereocenters. The molecule has 1 aromatic rings. The smallest absolute Gasteiger partial charge is 0.224 e. The molecule has 19 heavy (non-hydrogen) atoms. The minimum absolute atomic E-state index is 0.102. The van der Waals surface area contributed by atoms with Gasteiger partial charge in [0, 0.05) is 16.5 Å². The third kappa shape index (κ3) is 4.46. The molecule has 98 valence electrons. The summed E-state index contributed by atoms with van der Waals surface area (Å²) in [4.78, 5) is 11.8. The highest BCUT2D eigenvalue weighted by molar-refractivity contribution is 6.30. The number of hydrogen-bond acceptors (Lipinski definition) is 1. The zero-order valence-electron chi connectivity index (χ0n) is 10.7. The van der Waals surface area contributed by atoms with Crippen molar-refractivity contribution in [3.8, 4) is 11.8 Å². The SMILES string of the molecule is O=C(NCC#Cc1cccc(Cl)c1)C1CC=CCC1. The maximum Gasteiger partial charge on any atom is 0.224 e. The molecule has 2 nitrogen and oxygen atoms in total. The van der Waals surface area contributed by atoms with Gasteiger partial charge in [-0.25, -0.2) is 0 Å². The molecule has 0 spiro atoms. The minimum atomic E-state index is 0.102. The largest absolute Gasteiger partial charge is 0.345 e. The number of nitrogens with one attached hydrogen (secondary N) is 1. The van der Waals surface area contributed by atoms with Gasteiger partial charge in [-0.1, -0.05) is 41.7 Å². The Balaban J connectivity index is 1.80. The summed E-state index contributed by atoms with van der Waals surface area (Å²) in [5.74, 6) is 6.13. The van der Waals surface area contributed by atoms with Crippen molar-refractivity contribution in [2.24, 2.45) is 5.92 Å². The molecule has 1 amide bonds. The Labute approximate surface area is 118 Å². The van der Waals surface area contributed by atoms with E-state index in [1.165, 1.54) is 0 Å². The van der Waals surface area contributed by atoms with Crippen molar-refractivity contribution in [3.63, 3.8) is 0 Å². The molecule has 0 radical (unpaired) electrons. The predicted molar refractivity (Wildman–Crippen MR) is 77.8 cm³/mol. The van der Waals surface area contributed by atoms with Crippen LogP contribution < -0.4 is 5.32 Å². The number of rotatable bonds is 2. The highest BCUT2D eigenvalue weighted by Gasteiger charge is 2.17. The Morgan fingerprint density at radius 2 is 2.32 bits per heavy atom. The summed E-state index contributed by atoms with van der Waals surface area (Å²) in [6, 6.07) is 7.37. The van der Waals surface area contributed by atoms with Crippen molar-refractivity contribution in [1.29, 1.82) is 0 Å². The predicted octanol–water partition coefficient (Wildman–Crippen LogP) is 3.16. The molecule has 3 heteroatoms. The van der Waals surface area contributed by atoms with Crippen LogP contribution in [0.2, 0.25) is 5.02 Å². The summed E-state index contributed by atoms with van der Waals surface area (Å²) in [6.07, 6.45) is 6.97. The van der Waals surface area contributed by atoms with Crippen molar-refractivity contribution in [2.45, 2.75) is 19.3 Å². The summed E-state index contributed by atoms with van der Waals surface area (Å²) in [5.41, 5.74) is 0.863. The van der Waals surface area contributed by atoms with Gasteiger partial charge in [-0.15, -0.1) is 0 Å².